The van der Waals surface area contributed by atoms with Crippen LogP contribution in [0.2, 0.25) is 0 Å². The van der Waals surface area contributed by atoms with Crippen LogP contribution >= 0.6 is 0 Å². The van der Waals surface area contributed by atoms with Gasteiger partial charge in [-0.05, 0) is 48.6 Å². The third-order valence-corrected chi connectivity index (χ3v) is 2.62. The summed E-state index contributed by atoms with van der Waals surface area (Å²) in [7, 11) is 0. The van der Waals surface area contributed by atoms with Crippen molar-refractivity contribution in [1.82, 2.24) is 0 Å². The zero-order chi connectivity index (χ0) is 14.7. The fraction of sp³-hybridized carbons (Fsp3) is 0. The number of phenols is 2. The lowest BCUT2D eigenvalue weighted by atomic mass is 10.1. The lowest BCUT2D eigenvalue weighted by Crippen LogP contribution is -1.95. The molecular weight excluding hydrogens is 266 g/mol. The summed E-state index contributed by atoms with van der Waals surface area (Å²) in [5.74, 6) is -2.43. The molecule has 5 heteroatoms. The minimum atomic E-state index is -0.671. The summed E-state index contributed by atoms with van der Waals surface area (Å²) in [5, 5.41) is 18.8. The Bertz CT molecular complexity index is 694. The maximum Gasteiger partial charge on any atom is 0.189 e. The quantitative estimate of drug-likeness (QED) is 0.514. The standard InChI is InChI=1S/C15H10F2O3/c16-10-2-4-13(17)9(7-10)1-5-14(19)12-8-11(18)3-6-15(12)20/h1-8,18,20H/b5-1+. The molecule has 0 aliphatic heterocycles. The van der Waals surface area contributed by atoms with Crippen molar-refractivity contribution < 1.29 is 23.8 Å². The summed E-state index contributed by atoms with van der Waals surface area (Å²) < 4.78 is 26.3. The van der Waals surface area contributed by atoms with E-state index < -0.39 is 17.4 Å². The molecule has 0 amide bonds. The van der Waals surface area contributed by atoms with Gasteiger partial charge in [0.25, 0.3) is 0 Å². The third kappa shape index (κ3) is 3.00. The Labute approximate surface area is 113 Å². The van der Waals surface area contributed by atoms with Crippen LogP contribution in [-0.4, -0.2) is 16.0 Å². The van der Waals surface area contributed by atoms with Gasteiger partial charge in [0.15, 0.2) is 5.78 Å². The van der Waals surface area contributed by atoms with Gasteiger partial charge in [-0.25, -0.2) is 8.78 Å². The third-order valence-electron chi connectivity index (χ3n) is 2.62. The second-order valence-electron chi connectivity index (χ2n) is 4.06. The maximum absolute atomic E-state index is 13.3. The first-order valence-corrected chi connectivity index (χ1v) is 5.67. The normalized spacial score (nSPS) is 10.9. The lowest BCUT2D eigenvalue weighted by Gasteiger charge is -2.01. The minimum absolute atomic E-state index is 0.0852. The molecule has 2 aromatic rings. The minimum Gasteiger partial charge on any atom is -0.508 e. The molecule has 0 unspecified atom stereocenters. The Morgan fingerprint density at radius 1 is 1.05 bits per heavy atom. The molecule has 0 aromatic heterocycles. The first-order valence-electron chi connectivity index (χ1n) is 5.67. The highest BCUT2D eigenvalue weighted by Crippen LogP contribution is 2.23. The molecule has 0 fully saturated rings. The predicted octanol–water partition coefficient (Wildman–Crippen LogP) is 3.27. The van der Waals surface area contributed by atoms with Crippen molar-refractivity contribution in [2.75, 3.05) is 0 Å². The van der Waals surface area contributed by atoms with Crippen LogP contribution in [0.1, 0.15) is 15.9 Å². The van der Waals surface area contributed by atoms with Gasteiger partial charge in [-0.2, -0.15) is 0 Å². The second kappa shape index (κ2) is 5.52. The largest absolute Gasteiger partial charge is 0.508 e. The molecule has 2 N–H and O–H groups in total. The van der Waals surface area contributed by atoms with Gasteiger partial charge in [0.2, 0.25) is 0 Å². The number of allylic oxidation sites excluding steroid dienone is 1. The van der Waals surface area contributed by atoms with Gasteiger partial charge < -0.3 is 10.2 Å². The van der Waals surface area contributed by atoms with E-state index in [0.29, 0.717) is 0 Å². The number of phenolic OH excluding ortho intramolecular Hbond substituents is 2. The van der Waals surface area contributed by atoms with Gasteiger partial charge in [-0.15, -0.1) is 0 Å². The van der Waals surface area contributed by atoms with E-state index in [0.717, 1.165) is 36.4 Å². The molecule has 2 aromatic carbocycles. The van der Waals surface area contributed by atoms with Crippen molar-refractivity contribution in [3.8, 4) is 11.5 Å². The van der Waals surface area contributed by atoms with Crippen molar-refractivity contribution in [1.29, 1.82) is 0 Å². The van der Waals surface area contributed by atoms with Crippen LogP contribution in [0.15, 0.2) is 42.5 Å². The zero-order valence-corrected chi connectivity index (χ0v) is 10.2. The number of rotatable bonds is 3. The van der Waals surface area contributed by atoms with Gasteiger partial charge in [-0.3, -0.25) is 4.79 Å². The van der Waals surface area contributed by atoms with Crippen molar-refractivity contribution in [3.63, 3.8) is 0 Å². The van der Waals surface area contributed by atoms with E-state index in [1.807, 2.05) is 0 Å². The number of halogens is 2. The Hall–Kier alpha value is -2.69. The van der Waals surface area contributed by atoms with E-state index >= 15 is 0 Å². The van der Waals surface area contributed by atoms with E-state index in [2.05, 4.69) is 0 Å². The van der Waals surface area contributed by atoms with Crippen molar-refractivity contribution in [2.24, 2.45) is 0 Å². The second-order valence-corrected chi connectivity index (χ2v) is 4.06. The lowest BCUT2D eigenvalue weighted by molar-refractivity contribution is 0.104. The van der Waals surface area contributed by atoms with Crippen LogP contribution in [0.25, 0.3) is 6.08 Å². The first-order chi connectivity index (χ1) is 9.47. The molecule has 0 heterocycles. The summed E-state index contributed by atoms with van der Waals surface area (Å²) in [5.41, 5.74) is -0.212. The van der Waals surface area contributed by atoms with Crippen LogP contribution in [-0.2, 0) is 0 Å². The van der Waals surface area contributed by atoms with Gasteiger partial charge in [0, 0.05) is 5.56 Å². The average Bonchev–Trinajstić information content (AvgIpc) is 2.42. The molecule has 102 valence electrons. The van der Waals surface area contributed by atoms with Crippen LogP contribution in [0, 0.1) is 11.6 Å². The Kier molecular flexibility index (Phi) is 3.79. The number of aromatic hydroxyl groups is 2. The molecule has 0 atom stereocenters. The molecule has 0 spiro atoms. The van der Waals surface area contributed by atoms with E-state index in [4.69, 9.17) is 0 Å². The summed E-state index contributed by atoms with van der Waals surface area (Å²) >= 11 is 0. The van der Waals surface area contributed by atoms with Gasteiger partial charge in [0.1, 0.15) is 23.1 Å². The highest BCUT2D eigenvalue weighted by Gasteiger charge is 2.09. The summed E-state index contributed by atoms with van der Waals surface area (Å²) in [6.45, 7) is 0. The highest BCUT2D eigenvalue weighted by atomic mass is 19.1. The molecule has 3 nitrogen and oxygen atoms in total. The highest BCUT2D eigenvalue weighted by molar-refractivity contribution is 6.08. The van der Waals surface area contributed by atoms with E-state index in [1.54, 1.807) is 0 Å². The Morgan fingerprint density at radius 3 is 2.55 bits per heavy atom. The van der Waals surface area contributed by atoms with Gasteiger partial charge in [-0.1, -0.05) is 0 Å². The number of carbonyl (C=O) groups is 1. The van der Waals surface area contributed by atoms with Gasteiger partial charge >= 0.3 is 0 Å². The Morgan fingerprint density at radius 2 is 1.80 bits per heavy atom. The summed E-state index contributed by atoms with van der Waals surface area (Å²) in [4.78, 5) is 11.8. The van der Waals surface area contributed by atoms with Gasteiger partial charge in [0.05, 0.1) is 5.56 Å². The number of hydrogen-bond acceptors (Lipinski definition) is 3. The summed E-state index contributed by atoms with van der Waals surface area (Å²) in [6.07, 6.45) is 2.09. The molecule has 0 saturated carbocycles. The first kappa shape index (κ1) is 13.7. The molecule has 0 bridgehead atoms. The van der Waals surface area contributed by atoms with E-state index in [9.17, 15) is 23.8 Å². The van der Waals surface area contributed by atoms with Crippen molar-refractivity contribution in [2.45, 2.75) is 0 Å². The van der Waals surface area contributed by atoms with Crippen molar-refractivity contribution in [3.05, 3.63) is 65.2 Å². The number of benzene rings is 2. The SMILES string of the molecule is O=C(/C=C/c1cc(F)ccc1F)c1cc(O)ccc1O. The fourth-order valence-corrected chi connectivity index (χ4v) is 1.62. The van der Waals surface area contributed by atoms with Crippen LogP contribution < -0.4 is 0 Å². The smallest absolute Gasteiger partial charge is 0.189 e. The Balaban J connectivity index is 2.29. The van der Waals surface area contributed by atoms with Crippen LogP contribution in [0.3, 0.4) is 0 Å². The average molecular weight is 276 g/mol. The monoisotopic (exact) mass is 276 g/mol. The molecular formula is C15H10F2O3. The molecule has 0 saturated heterocycles. The molecule has 0 radical (unpaired) electrons. The number of hydrogen-bond donors (Lipinski definition) is 2. The fourth-order valence-electron chi connectivity index (χ4n) is 1.62. The van der Waals surface area contributed by atoms with Crippen molar-refractivity contribution >= 4 is 11.9 Å². The topological polar surface area (TPSA) is 57.5 Å². The number of carbonyl (C=O) groups excluding carboxylic acids is 1. The molecule has 0 aliphatic carbocycles. The molecule has 0 aliphatic rings. The molecule has 2 rings (SSSR count). The number of ketones is 1. The zero-order valence-electron chi connectivity index (χ0n) is 10.2. The van der Waals surface area contributed by atoms with E-state index in [-0.39, 0.29) is 22.6 Å². The summed E-state index contributed by atoms with van der Waals surface area (Å²) in [6, 6.07) is 6.34. The predicted molar refractivity (Wildman–Crippen MR) is 69.5 cm³/mol. The van der Waals surface area contributed by atoms with E-state index in [1.165, 1.54) is 12.1 Å². The molecule has 20 heavy (non-hydrogen) atoms. The van der Waals surface area contributed by atoms with Crippen LogP contribution in [0.5, 0.6) is 11.5 Å². The van der Waals surface area contributed by atoms with Crippen LogP contribution in [0.4, 0.5) is 8.78 Å². The maximum atomic E-state index is 13.3.